The fourth-order valence-corrected chi connectivity index (χ4v) is 1.70. The maximum Gasteiger partial charge on any atom is -0.0320 e. The minimum Gasteiger partial charge on any atom is -0.153 e. The quantitative estimate of drug-likeness (QED) is 0.416. The fourth-order valence-electron chi connectivity index (χ4n) is 1.70. The Balaban J connectivity index is -0.000000355. The zero-order chi connectivity index (χ0) is 12.8. The van der Waals surface area contributed by atoms with Gasteiger partial charge in [-0.2, -0.15) is 9.90 Å². The summed E-state index contributed by atoms with van der Waals surface area (Å²) in [6, 6.07) is 0. The molecule has 0 heterocycles. The highest BCUT2D eigenvalue weighted by Crippen LogP contribution is 2.24. The molecule has 0 saturated heterocycles. The van der Waals surface area contributed by atoms with E-state index in [0.717, 1.165) is 12.3 Å². The highest BCUT2D eigenvalue weighted by Gasteiger charge is 2.09. The molecule has 0 N–H and O–H groups in total. The standard InChI is InChI=1S/C12H20.2C2H6.H3P/c1-3-11(2)9-10-12-7-5-4-6-8-12;2*1-2;/h4-5,12H,2-3,6-10H2,1H3;2*1-2H3;1H3. The van der Waals surface area contributed by atoms with Gasteiger partial charge >= 0.3 is 0 Å². The van der Waals surface area contributed by atoms with Gasteiger partial charge in [-0.25, -0.2) is 0 Å². The Bertz CT molecular complexity index is 170. The Hall–Kier alpha value is -0.0900. The monoisotopic (exact) mass is 258 g/mol. The zero-order valence-electron chi connectivity index (χ0n) is 12.9. The summed E-state index contributed by atoms with van der Waals surface area (Å²) < 4.78 is 0. The molecule has 1 rings (SSSR count). The zero-order valence-corrected chi connectivity index (χ0v) is 14.3. The summed E-state index contributed by atoms with van der Waals surface area (Å²) in [7, 11) is 0. The second-order valence-corrected chi connectivity index (χ2v) is 3.79. The van der Waals surface area contributed by atoms with Gasteiger partial charge in [0.15, 0.2) is 0 Å². The van der Waals surface area contributed by atoms with Gasteiger partial charge in [-0.3, -0.25) is 0 Å². The molecule has 0 aliphatic heterocycles. The third kappa shape index (κ3) is 13.8. The second kappa shape index (κ2) is 18.3. The Morgan fingerprint density at radius 2 is 1.76 bits per heavy atom. The van der Waals surface area contributed by atoms with Gasteiger partial charge in [0.1, 0.15) is 0 Å². The lowest BCUT2D eigenvalue weighted by Crippen LogP contribution is -2.02. The lowest BCUT2D eigenvalue weighted by Gasteiger charge is -2.17. The van der Waals surface area contributed by atoms with Crippen molar-refractivity contribution in [1.82, 2.24) is 0 Å². The molecule has 0 bridgehead atoms. The molecule has 104 valence electrons. The molecule has 0 amide bonds. The minimum absolute atomic E-state index is 0. The van der Waals surface area contributed by atoms with E-state index in [-0.39, 0.29) is 9.90 Å². The lowest BCUT2D eigenvalue weighted by molar-refractivity contribution is 0.444. The van der Waals surface area contributed by atoms with Crippen molar-refractivity contribution in [2.75, 3.05) is 0 Å². The first kappa shape index (κ1) is 22.1. The molecule has 1 aliphatic rings. The van der Waals surface area contributed by atoms with Crippen LogP contribution in [-0.2, 0) is 0 Å². The summed E-state index contributed by atoms with van der Waals surface area (Å²) in [6.07, 6.45) is 12.4. The molecule has 17 heavy (non-hydrogen) atoms. The van der Waals surface area contributed by atoms with Gasteiger partial charge in [0, 0.05) is 0 Å². The van der Waals surface area contributed by atoms with Crippen LogP contribution < -0.4 is 0 Å². The summed E-state index contributed by atoms with van der Waals surface area (Å²) in [5, 5.41) is 0. The second-order valence-electron chi connectivity index (χ2n) is 3.79. The summed E-state index contributed by atoms with van der Waals surface area (Å²) >= 11 is 0. The van der Waals surface area contributed by atoms with Crippen LogP contribution >= 0.6 is 9.90 Å². The first-order valence-corrected chi connectivity index (χ1v) is 7.14. The Morgan fingerprint density at radius 3 is 2.18 bits per heavy atom. The van der Waals surface area contributed by atoms with Crippen LogP contribution in [0.1, 0.15) is 73.1 Å². The normalized spacial score (nSPS) is 16.6. The van der Waals surface area contributed by atoms with Crippen LogP contribution in [0.15, 0.2) is 24.3 Å². The van der Waals surface area contributed by atoms with Crippen LogP contribution in [0.4, 0.5) is 0 Å². The third-order valence-corrected chi connectivity index (χ3v) is 2.78. The highest BCUT2D eigenvalue weighted by atomic mass is 31.0. The molecule has 0 saturated carbocycles. The van der Waals surface area contributed by atoms with Gasteiger partial charge in [-0.05, 0) is 44.4 Å². The number of allylic oxidation sites excluding steroid dienone is 3. The predicted octanol–water partition coefficient (Wildman–Crippen LogP) is 6.20. The van der Waals surface area contributed by atoms with Gasteiger partial charge in [-0.15, -0.1) is 0 Å². The molecule has 2 unspecified atom stereocenters. The van der Waals surface area contributed by atoms with E-state index in [1.54, 1.807) is 0 Å². The fraction of sp³-hybridized carbons (Fsp3) is 0.750. The van der Waals surface area contributed by atoms with Gasteiger partial charge in [-0.1, -0.05) is 58.9 Å². The maximum atomic E-state index is 4.04. The average molecular weight is 258 g/mol. The Labute approximate surface area is 114 Å². The Kier molecular flexibility index (Phi) is 23.8. The van der Waals surface area contributed by atoms with E-state index in [1.807, 2.05) is 27.7 Å². The van der Waals surface area contributed by atoms with E-state index in [9.17, 15) is 0 Å². The van der Waals surface area contributed by atoms with Crippen LogP contribution in [0, 0.1) is 5.92 Å². The summed E-state index contributed by atoms with van der Waals surface area (Å²) in [4.78, 5) is 0. The van der Waals surface area contributed by atoms with Crippen molar-refractivity contribution in [3.05, 3.63) is 24.3 Å². The Morgan fingerprint density at radius 1 is 1.18 bits per heavy atom. The smallest absolute Gasteiger partial charge is 0.0320 e. The van der Waals surface area contributed by atoms with E-state index in [4.69, 9.17) is 0 Å². The molecular weight excluding hydrogens is 223 g/mol. The van der Waals surface area contributed by atoms with Crippen molar-refractivity contribution in [3.8, 4) is 0 Å². The summed E-state index contributed by atoms with van der Waals surface area (Å²) in [6.45, 7) is 14.2. The predicted molar refractivity (Wildman–Crippen MR) is 88.9 cm³/mol. The number of hydrogen-bond acceptors (Lipinski definition) is 0. The van der Waals surface area contributed by atoms with Gasteiger partial charge in [0.2, 0.25) is 0 Å². The van der Waals surface area contributed by atoms with E-state index < -0.39 is 0 Å². The molecule has 0 radical (unpaired) electrons. The van der Waals surface area contributed by atoms with Crippen LogP contribution in [0.25, 0.3) is 0 Å². The van der Waals surface area contributed by atoms with Crippen LogP contribution in [0.5, 0.6) is 0 Å². The van der Waals surface area contributed by atoms with E-state index >= 15 is 0 Å². The van der Waals surface area contributed by atoms with Crippen molar-refractivity contribution >= 4 is 9.90 Å². The molecule has 0 nitrogen and oxygen atoms in total. The van der Waals surface area contributed by atoms with Crippen LogP contribution in [-0.4, -0.2) is 0 Å². The first-order chi connectivity index (χ1) is 7.83. The topological polar surface area (TPSA) is 0 Å². The maximum absolute atomic E-state index is 4.04. The minimum atomic E-state index is 0. The molecule has 0 fully saturated rings. The molecule has 0 spiro atoms. The van der Waals surface area contributed by atoms with E-state index in [2.05, 4.69) is 25.7 Å². The van der Waals surface area contributed by atoms with Gasteiger partial charge in [0.25, 0.3) is 0 Å². The first-order valence-electron chi connectivity index (χ1n) is 7.14. The van der Waals surface area contributed by atoms with Crippen LogP contribution in [0.2, 0.25) is 0 Å². The SMILES string of the molecule is C=C(CC)CCC1CC=CCC1.CC.CC.P. The molecule has 1 heteroatoms. The molecule has 0 aromatic rings. The molecular formula is C16H35P. The van der Waals surface area contributed by atoms with E-state index in [1.165, 1.54) is 37.7 Å². The number of rotatable bonds is 4. The largest absolute Gasteiger partial charge is 0.153 e. The molecule has 0 aromatic carbocycles. The van der Waals surface area contributed by atoms with Crippen molar-refractivity contribution in [2.24, 2.45) is 5.92 Å². The average Bonchev–Trinajstić information content (AvgIpc) is 2.41. The van der Waals surface area contributed by atoms with Crippen molar-refractivity contribution < 1.29 is 0 Å². The van der Waals surface area contributed by atoms with Crippen molar-refractivity contribution in [2.45, 2.75) is 73.1 Å². The van der Waals surface area contributed by atoms with Crippen LogP contribution in [0.3, 0.4) is 0 Å². The molecule has 0 aromatic heterocycles. The van der Waals surface area contributed by atoms with Gasteiger partial charge < -0.3 is 0 Å². The molecule has 1 aliphatic carbocycles. The van der Waals surface area contributed by atoms with E-state index in [0.29, 0.717) is 0 Å². The van der Waals surface area contributed by atoms with Crippen molar-refractivity contribution in [3.63, 3.8) is 0 Å². The lowest BCUT2D eigenvalue weighted by atomic mass is 9.89. The summed E-state index contributed by atoms with van der Waals surface area (Å²) in [5.74, 6) is 0.943. The summed E-state index contributed by atoms with van der Waals surface area (Å²) in [5.41, 5.74) is 1.42. The molecule has 2 atom stereocenters. The van der Waals surface area contributed by atoms with Gasteiger partial charge in [0.05, 0.1) is 0 Å². The van der Waals surface area contributed by atoms with Crippen molar-refractivity contribution in [1.29, 1.82) is 0 Å². The third-order valence-electron chi connectivity index (χ3n) is 2.78. The number of hydrogen-bond donors (Lipinski definition) is 0. The highest BCUT2D eigenvalue weighted by molar-refractivity contribution is 6.92.